The minimum absolute atomic E-state index is 0.0219. The first-order chi connectivity index (χ1) is 5.95. The molecule has 0 radical (unpaired) electrons. The highest BCUT2D eigenvalue weighted by Gasteiger charge is 2.31. The number of halogens is 4. The van der Waals surface area contributed by atoms with Crippen LogP contribution < -0.4 is 0 Å². The highest BCUT2D eigenvalue weighted by molar-refractivity contribution is 14.1. The van der Waals surface area contributed by atoms with Crippen LogP contribution in [0.1, 0.15) is 16.1 Å². The van der Waals surface area contributed by atoms with Gasteiger partial charge in [-0.1, -0.05) is 0 Å². The normalized spacial score (nSPS) is 11.4. The molecule has 1 rings (SSSR count). The molecule has 0 fully saturated rings. The maximum Gasteiger partial charge on any atom is 0.417 e. The van der Waals surface area contributed by atoms with Gasteiger partial charge >= 0.3 is 6.18 Å². The monoisotopic (exact) mass is 301 g/mol. The third-order valence-electron chi connectivity index (χ3n) is 1.31. The fourth-order valence-electron chi connectivity index (χ4n) is 0.690. The van der Waals surface area contributed by atoms with Gasteiger partial charge in [0.15, 0.2) is 6.29 Å². The van der Waals surface area contributed by atoms with Gasteiger partial charge in [0.2, 0.25) is 0 Å². The molecule has 0 saturated carbocycles. The molecule has 1 heterocycles. The van der Waals surface area contributed by atoms with Crippen LogP contribution in [0.25, 0.3) is 0 Å². The molecule has 0 aliphatic rings. The molecule has 0 aromatic carbocycles. The van der Waals surface area contributed by atoms with Crippen molar-refractivity contribution < 1.29 is 18.0 Å². The smallest absolute Gasteiger partial charge is 0.296 e. The topological polar surface area (TPSA) is 30.0 Å². The molecule has 0 N–H and O–H groups in total. The fraction of sp³-hybridized carbons (Fsp3) is 0.143. The average molecular weight is 301 g/mol. The molecule has 70 valence electrons. The van der Waals surface area contributed by atoms with Gasteiger partial charge in [-0.15, -0.1) is 0 Å². The summed E-state index contributed by atoms with van der Waals surface area (Å²) < 4.78 is 36.4. The number of carbonyl (C=O) groups excluding carboxylic acids is 1. The maximum absolute atomic E-state index is 12.1. The largest absolute Gasteiger partial charge is 0.417 e. The second kappa shape index (κ2) is 3.60. The molecule has 6 heteroatoms. The number of aromatic nitrogens is 1. The van der Waals surface area contributed by atoms with E-state index in [4.69, 9.17) is 0 Å². The predicted molar refractivity (Wildman–Crippen MR) is 47.3 cm³/mol. The van der Waals surface area contributed by atoms with Crippen LogP contribution in [0.3, 0.4) is 0 Å². The highest BCUT2D eigenvalue weighted by atomic mass is 127. The van der Waals surface area contributed by atoms with E-state index in [-0.39, 0.29) is 9.26 Å². The third-order valence-corrected chi connectivity index (χ3v) is 2.17. The van der Waals surface area contributed by atoms with E-state index >= 15 is 0 Å². The van der Waals surface area contributed by atoms with Crippen molar-refractivity contribution in [2.45, 2.75) is 6.18 Å². The number of hydrogen-bond donors (Lipinski definition) is 0. The van der Waals surface area contributed by atoms with Gasteiger partial charge in [-0.25, -0.2) is 0 Å². The number of nitrogens with zero attached hydrogens (tertiary/aromatic N) is 1. The van der Waals surface area contributed by atoms with Gasteiger partial charge in [-0.05, 0) is 28.7 Å². The SMILES string of the molecule is O=Cc1ncc(C(F)(F)F)cc1I. The molecule has 0 unspecified atom stereocenters. The fourth-order valence-corrected chi connectivity index (χ4v) is 1.29. The van der Waals surface area contributed by atoms with Gasteiger partial charge in [0.1, 0.15) is 5.69 Å². The third kappa shape index (κ3) is 2.39. The molecule has 2 nitrogen and oxygen atoms in total. The summed E-state index contributed by atoms with van der Waals surface area (Å²) >= 11 is 1.63. The Kier molecular flexibility index (Phi) is 2.89. The Labute approximate surface area is 85.3 Å². The van der Waals surface area contributed by atoms with Crippen molar-refractivity contribution in [3.63, 3.8) is 0 Å². The van der Waals surface area contributed by atoms with Gasteiger partial charge < -0.3 is 0 Å². The van der Waals surface area contributed by atoms with Crippen LogP contribution in [0.2, 0.25) is 0 Å². The van der Waals surface area contributed by atoms with Crippen LogP contribution in [0, 0.1) is 3.57 Å². The molecular formula is C7H3F3INO. The van der Waals surface area contributed by atoms with Crippen molar-refractivity contribution in [1.82, 2.24) is 4.98 Å². The zero-order valence-electron chi connectivity index (χ0n) is 6.10. The predicted octanol–water partition coefficient (Wildman–Crippen LogP) is 2.52. The first kappa shape index (κ1) is 10.4. The lowest BCUT2D eigenvalue weighted by molar-refractivity contribution is -0.137. The van der Waals surface area contributed by atoms with E-state index in [0.29, 0.717) is 12.5 Å². The minimum Gasteiger partial charge on any atom is -0.296 e. The van der Waals surface area contributed by atoms with Gasteiger partial charge in [0.25, 0.3) is 0 Å². The summed E-state index contributed by atoms with van der Waals surface area (Å²) in [5.74, 6) is 0. The average Bonchev–Trinajstić information content (AvgIpc) is 2.02. The summed E-state index contributed by atoms with van der Waals surface area (Å²) in [4.78, 5) is 13.6. The summed E-state index contributed by atoms with van der Waals surface area (Å²) in [5.41, 5.74) is -0.823. The van der Waals surface area contributed by atoms with Crippen molar-refractivity contribution >= 4 is 28.9 Å². The van der Waals surface area contributed by atoms with Crippen LogP contribution in [-0.2, 0) is 6.18 Å². The molecular weight excluding hydrogens is 298 g/mol. The van der Waals surface area contributed by atoms with Crippen LogP contribution in [0.4, 0.5) is 13.2 Å². The van der Waals surface area contributed by atoms with E-state index in [0.717, 1.165) is 6.07 Å². The van der Waals surface area contributed by atoms with E-state index in [9.17, 15) is 18.0 Å². The quantitative estimate of drug-likeness (QED) is 0.589. The summed E-state index contributed by atoms with van der Waals surface area (Å²) in [6.07, 6.45) is -3.35. The van der Waals surface area contributed by atoms with Crippen LogP contribution in [0.15, 0.2) is 12.3 Å². The van der Waals surface area contributed by atoms with E-state index < -0.39 is 11.7 Å². The highest BCUT2D eigenvalue weighted by Crippen LogP contribution is 2.29. The summed E-state index contributed by atoms with van der Waals surface area (Å²) in [6, 6.07) is 0.886. The number of rotatable bonds is 1. The van der Waals surface area contributed by atoms with Crippen molar-refractivity contribution in [1.29, 1.82) is 0 Å². The van der Waals surface area contributed by atoms with Crippen molar-refractivity contribution in [3.05, 3.63) is 27.1 Å². The Bertz CT molecular complexity index is 337. The molecule has 1 aromatic heterocycles. The van der Waals surface area contributed by atoms with E-state index in [1.54, 1.807) is 22.6 Å². The molecule has 1 aromatic rings. The number of carbonyl (C=O) groups is 1. The lowest BCUT2D eigenvalue weighted by atomic mass is 10.2. The van der Waals surface area contributed by atoms with Crippen LogP contribution in [-0.4, -0.2) is 11.3 Å². The van der Waals surface area contributed by atoms with Crippen LogP contribution in [0.5, 0.6) is 0 Å². The second-order valence-corrected chi connectivity index (χ2v) is 3.37. The lowest BCUT2D eigenvalue weighted by Crippen LogP contribution is -2.07. The molecule has 0 saturated heterocycles. The zero-order chi connectivity index (χ0) is 10.1. The first-order valence-electron chi connectivity index (χ1n) is 3.13. The van der Waals surface area contributed by atoms with Crippen molar-refractivity contribution in [2.75, 3.05) is 0 Å². The molecule has 0 bridgehead atoms. The number of alkyl halides is 3. The minimum atomic E-state index is -4.41. The van der Waals surface area contributed by atoms with E-state index in [1.807, 2.05) is 0 Å². The Balaban J connectivity index is 3.17. The van der Waals surface area contributed by atoms with E-state index in [2.05, 4.69) is 4.98 Å². The molecule has 0 aliphatic carbocycles. The Morgan fingerprint density at radius 3 is 2.46 bits per heavy atom. The molecule has 0 spiro atoms. The molecule has 13 heavy (non-hydrogen) atoms. The van der Waals surface area contributed by atoms with Crippen LogP contribution >= 0.6 is 22.6 Å². The van der Waals surface area contributed by atoms with Crippen molar-refractivity contribution in [2.24, 2.45) is 0 Å². The number of aldehydes is 1. The maximum atomic E-state index is 12.1. The van der Waals surface area contributed by atoms with Gasteiger partial charge in [-0.2, -0.15) is 13.2 Å². The van der Waals surface area contributed by atoms with Gasteiger partial charge in [-0.3, -0.25) is 9.78 Å². The summed E-state index contributed by atoms with van der Waals surface area (Å²) in [7, 11) is 0. The Morgan fingerprint density at radius 1 is 1.46 bits per heavy atom. The zero-order valence-corrected chi connectivity index (χ0v) is 8.26. The Hall–Kier alpha value is -0.660. The van der Waals surface area contributed by atoms with Gasteiger partial charge in [0.05, 0.1) is 5.56 Å². The Morgan fingerprint density at radius 2 is 2.08 bits per heavy atom. The summed E-state index contributed by atoms with van der Waals surface area (Å²) in [6.45, 7) is 0. The number of pyridine rings is 1. The lowest BCUT2D eigenvalue weighted by Gasteiger charge is -2.06. The molecule has 0 aliphatic heterocycles. The standard InChI is InChI=1S/C7H3F3INO/c8-7(9,10)4-1-5(11)6(3-13)12-2-4/h1-3H. The summed E-state index contributed by atoms with van der Waals surface area (Å²) in [5, 5.41) is 0. The van der Waals surface area contributed by atoms with E-state index in [1.165, 1.54) is 0 Å². The molecule has 0 atom stereocenters. The number of hydrogen-bond acceptors (Lipinski definition) is 2. The second-order valence-electron chi connectivity index (χ2n) is 2.21. The first-order valence-corrected chi connectivity index (χ1v) is 4.21. The van der Waals surface area contributed by atoms with Gasteiger partial charge in [0, 0.05) is 9.77 Å². The molecule has 0 amide bonds. The van der Waals surface area contributed by atoms with Crippen molar-refractivity contribution in [3.8, 4) is 0 Å².